The zero-order valence-electron chi connectivity index (χ0n) is 7.89. The van der Waals surface area contributed by atoms with Crippen LogP contribution in [0.3, 0.4) is 0 Å². The van der Waals surface area contributed by atoms with E-state index in [4.69, 9.17) is 0 Å². The molecule has 3 heteroatoms. The van der Waals surface area contributed by atoms with E-state index in [1.54, 1.807) is 17.3 Å². The SMILES string of the molecule is C=CC1CC(=O)N(c2ccncc2)C1. The van der Waals surface area contributed by atoms with Gasteiger partial charge in [-0.25, -0.2) is 0 Å². The van der Waals surface area contributed by atoms with Gasteiger partial charge in [0.2, 0.25) is 5.91 Å². The van der Waals surface area contributed by atoms with Gasteiger partial charge in [0.15, 0.2) is 0 Å². The Kier molecular flexibility index (Phi) is 2.31. The van der Waals surface area contributed by atoms with Crippen molar-refractivity contribution in [3.63, 3.8) is 0 Å². The number of carbonyl (C=O) groups excluding carboxylic acids is 1. The van der Waals surface area contributed by atoms with E-state index in [9.17, 15) is 4.79 Å². The number of pyridine rings is 1. The molecule has 1 unspecified atom stereocenters. The van der Waals surface area contributed by atoms with Gasteiger partial charge in [0.05, 0.1) is 0 Å². The van der Waals surface area contributed by atoms with Crippen LogP contribution in [-0.4, -0.2) is 17.4 Å². The second kappa shape index (κ2) is 3.62. The monoisotopic (exact) mass is 188 g/mol. The molecule has 1 aliphatic rings. The topological polar surface area (TPSA) is 33.2 Å². The van der Waals surface area contributed by atoms with Crippen LogP contribution in [0.4, 0.5) is 5.69 Å². The number of rotatable bonds is 2. The molecule has 0 aromatic carbocycles. The Morgan fingerprint density at radius 1 is 1.50 bits per heavy atom. The molecule has 14 heavy (non-hydrogen) atoms. The van der Waals surface area contributed by atoms with Gasteiger partial charge in [-0.2, -0.15) is 0 Å². The number of hydrogen-bond acceptors (Lipinski definition) is 2. The van der Waals surface area contributed by atoms with Crippen molar-refractivity contribution >= 4 is 11.6 Å². The van der Waals surface area contributed by atoms with E-state index in [1.165, 1.54) is 0 Å². The van der Waals surface area contributed by atoms with Crippen molar-refractivity contribution in [3.8, 4) is 0 Å². The lowest BCUT2D eigenvalue weighted by molar-refractivity contribution is -0.117. The molecule has 1 aromatic heterocycles. The van der Waals surface area contributed by atoms with Crippen molar-refractivity contribution in [2.24, 2.45) is 5.92 Å². The summed E-state index contributed by atoms with van der Waals surface area (Å²) < 4.78 is 0. The minimum Gasteiger partial charge on any atom is -0.312 e. The van der Waals surface area contributed by atoms with Crippen LogP contribution in [0.25, 0.3) is 0 Å². The number of amides is 1. The molecule has 2 rings (SSSR count). The fourth-order valence-electron chi connectivity index (χ4n) is 1.67. The third-order valence-corrected chi connectivity index (χ3v) is 2.46. The predicted octanol–water partition coefficient (Wildman–Crippen LogP) is 1.62. The molecule has 3 nitrogen and oxygen atoms in total. The highest BCUT2D eigenvalue weighted by Gasteiger charge is 2.28. The first-order valence-electron chi connectivity index (χ1n) is 4.64. The van der Waals surface area contributed by atoms with Crippen LogP contribution in [0, 0.1) is 5.92 Å². The maximum Gasteiger partial charge on any atom is 0.227 e. The highest BCUT2D eigenvalue weighted by Crippen LogP contribution is 2.24. The maximum atomic E-state index is 11.6. The molecule has 1 saturated heterocycles. The average Bonchev–Trinajstić information content (AvgIpc) is 2.61. The molecule has 1 fully saturated rings. The van der Waals surface area contributed by atoms with E-state index in [-0.39, 0.29) is 11.8 Å². The first-order valence-corrected chi connectivity index (χ1v) is 4.64. The van der Waals surface area contributed by atoms with Crippen LogP contribution < -0.4 is 4.90 Å². The predicted molar refractivity (Wildman–Crippen MR) is 54.9 cm³/mol. The largest absolute Gasteiger partial charge is 0.312 e. The van der Waals surface area contributed by atoms with Crippen LogP contribution in [-0.2, 0) is 4.79 Å². The summed E-state index contributed by atoms with van der Waals surface area (Å²) >= 11 is 0. The Morgan fingerprint density at radius 2 is 2.21 bits per heavy atom. The second-order valence-electron chi connectivity index (χ2n) is 3.41. The van der Waals surface area contributed by atoms with Crippen LogP contribution >= 0.6 is 0 Å². The van der Waals surface area contributed by atoms with Crippen molar-refractivity contribution < 1.29 is 4.79 Å². The molecule has 1 amide bonds. The second-order valence-corrected chi connectivity index (χ2v) is 3.41. The van der Waals surface area contributed by atoms with Gasteiger partial charge in [-0.3, -0.25) is 9.78 Å². The number of nitrogens with zero attached hydrogens (tertiary/aromatic N) is 2. The zero-order chi connectivity index (χ0) is 9.97. The molecule has 0 saturated carbocycles. The lowest BCUT2D eigenvalue weighted by Gasteiger charge is -2.15. The Balaban J connectivity index is 2.21. The van der Waals surface area contributed by atoms with Crippen molar-refractivity contribution in [1.29, 1.82) is 0 Å². The lowest BCUT2D eigenvalue weighted by atomic mass is 10.1. The molecule has 0 aliphatic carbocycles. The third-order valence-electron chi connectivity index (χ3n) is 2.46. The molecule has 0 spiro atoms. The summed E-state index contributed by atoms with van der Waals surface area (Å²) in [7, 11) is 0. The van der Waals surface area contributed by atoms with E-state index >= 15 is 0 Å². The van der Waals surface area contributed by atoms with Crippen molar-refractivity contribution in [3.05, 3.63) is 37.2 Å². The van der Waals surface area contributed by atoms with E-state index in [1.807, 2.05) is 18.2 Å². The van der Waals surface area contributed by atoms with Crippen molar-refractivity contribution in [2.75, 3.05) is 11.4 Å². The summed E-state index contributed by atoms with van der Waals surface area (Å²) in [6, 6.07) is 3.70. The van der Waals surface area contributed by atoms with Gasteiger partial charge < -0.3 is 4.90 Å². The Morgan fingerprint density at radius 3 is 2.79 bits per heavy atom. The minimum absolute atomic E-state index is 0.168. The number of anilines is 1. The summed E-state index contributed by atoms with van der Waals surface area (Å²) in [5.74, 6) is 0.455. The normalized spacial score (nSPS) is 21.3. The molecule has 72 valence electrons. The zero-order valence-corrected chi connectivity index (χ0v) is 7.89. The molecular weight excluding hydrogens is 176 g/mol. The molecule has 0 N–H and O–H groups in total. The maximum absolute atomic E-state index is 11.6. The number of carbonyl (C=O) groups is 1. The van der Waals surface area contributed by atoms with Crippen molar-refractivity contribution in [1.82, 2.24) is 4.98 Å². The molecule has 0 radical (unpaired) electrons. The molecule has 1 aliphatic heterocycles. The highest BCUT2D eigenvalue weighted by molar-refractivity contribution is 5.95. The van der Waals surface area contributed by atoms with E-state index in [0.29, 0.717) is 6.42 Å². The Labute approximate surface area is 83.1 Å². The molecular formula is C11H12N2O. The van der Waals surface area contributed by atoms with Crippen molar-refractivity contribution in [2.45, 2.75) is 6.42 Å². The third kappa shape index (κ3) is 1.53. The molecule has 1 aromatic rings. The van der Waals surface area contributed by atoms with E-state index < -0.39 is 0 Å². The van der Waals surface area contributed by atoms with Crippen LogP contribution in [0.15, 0.2) is 37.2 Å². The first kappa shape index (κ1) is 8.94. The Bertz CT molecular complexity index is 348. The number of hydrogen-bond donors (Lipinski definition) is 0. The minimum atomic E-state index is 0.168. The first-order chi connectivity index (χ1) is 6.81. The quantitative estimate of drug-likeness (QED) is 0.661. The summed E-state index contributed by atoms with van der Waals surface area (Å²) in [4.78, 5) is 17.3. The highest BCUT2D eigenvalue weighted by atomic mass is 16.2. The molecule has 2 heterocycles. The summed E-state index contributed by atoms with van der Waals surface area (Å²) in [6.45, 7) is 4.46. The van der Waals surface area contributed by atoms with Gasteiger partial charge in [0.1, 0.15) is 0 Å². The van der Waals surface area contributed by atoms with Crippen LogP contribution in [0.5, 0.6) is 0 Å². The van der Waals surface area contributed by atoms with Crippen LogP contribution in [0.2, 0.25) is 0 Å². The molecule has 1 atom stereocenters. The van der Waals surface area contributed by atoms with Gasteiger partial charge >= 0.3 is 0 Å². The number of aromatic nitrogens is 1. The van der Waals surface area contributed by atoms with Gasteiger partial charge in [-0.15, -0.1) is 6.58 Å². The van der Waals surface area contributed by atoms with Crippen LogP contribution in [0.1, 0.15) is 6.42 Å². The summed E-state index contributed by atoms with van der Waals surface area (Å²) in [6.07, 6.45) is 5.82. The average molecular weight is 188 g/mol. The van der Waals surface area contributed by atoms with Gasteiger partial charge in [-0.1, -0.05) is 6.08 Å². The fraction of sp³-hybridized carbons (Fsp3) is 0.273. The van der Waals surface area contributed by atoms with E-state index in [2.05, 4.69) is 11.6 Å². The standard InChI is InChI=1S/C11H12N2O/c1-2-9-7-11(14)13(8-9)10-3-5-12-6-4-10/h2-6,9H,1,7-8H2. The Hall–Kier alpha value is -1.64. The van der Waals surface area contributed by atoms with Gasteiger partial charge in [-0.05, 0) is 12.1 Å². The van der Waals surface area contributed by atoms with E-state index in [0.717, 1.165) is 12.2 Å². The van der Waals surface area contributed by atoms with Gasteiger partial charge in [0.25, 0.3) is 0 Å². The smallest absolute Gasteiger partial charge is 0.227 e. The lowest BCUT2D eigenvalue weighted by Crippen LogP contribution is -2.24. The summed E-state index contributed by atoms with van der Waals surface area (Å²) in [5.41, 5.74) is 0.925. The fourth-order valence-corrected chi connectivity index (χ4v) is 1.67. The molecule has 0 bridgehead atoms. The van der Waals surface area contributed by atoms with Gasteiger partial charge in [0, 0.05) is 37.0 Å². The summed E-state index contributed by atoms with van der Waals surface area (Å²) in [5, 5.41) is 0.